The van der Waals surface area contributed by atoms with Gasteiger partial charge in [-0.2, -0.15) is 0 Å². The van der Waals surface area contributed by atoms with Crippen molar-refractivity contribution in [3.63, 3.8) is 0 Å². The van der Waals surface area contributed by atoms with Crippen molar-refractivity contribution in [2.24, 2.45) is 0 Å². The Hall–Kier alpha value is -6.37. The molecule has 2 aliphatic heterocycles. The molecule has 1 atom stereocenters. The molecule has 0 unspecified atom stereocenters. The van der Waals surface area contributed by atoms with Gasteiger partial charge in [-0.25, -0.2) is 0 Å². The van der Waals surface area contributed by atoms with Gasteiger partial charge in [0, 0.05) is 51.3 Å². The average molecular weight is 902 g/mol. The second-order valence-corrected chi connectivity index (χ2v) is 15.3. The van der Waals surface area contributed by atoms with Crippen LogP contribution in [0.1, 0.15) is 83.2 Å². The Bertz CT molecular complexity index is 2130. The first-order valence-corrected chi connectivity index (χ1v) is 21.9. The van der Waals surface area contributed by atoms with Gasteiger partial charge in [0.2, 0.25) is 23.6 Å². The number of hydrogen-bond acceptors (Lipinski definition) is 13. The average Bonchev–Trinajstić information content (AvgIpc) is 3.43. The summed E-state index contributed by atoms with van der Waals surface area (Å²) < 4.78 is 32.9. The Morgan fingerprint density at radius 1 is 0.677 bits per heavy atom. The SMILES string of the molecule is COc1ccc(CCCc2cccc(NC(=O)CCC(=O)NCCCOCCOCCOCCCNC(=O)COc3cccc4c3C(=O)N([C@H]3CCCC(=O)NC3=O)C4=O)c2)cc1OC. The maximum Gasteiger partial charge on any atom is 0.266 e. The number of imide groups is 2. The number of rotatable bonds is 28. The molecule has 18 nitrogen and oxygen atoms in total. The molecule has 0 radical (unpaired) electrons. The number of anilines is 1. The molecule has 0 spiro atoms. The summed E-state index contributed by atoms with van der Waals surface area (Å²) in [6, 6.07) is 17.0. The van der Waals surface area contributed by atoms with Gasteiger partial charge < -0.3 is 44.4 Å². The first-order valence-electron chi connectivity index (χ1n) is 21.9. The number of benzene rings is 3. The summed E-state index contributed by atoms with van der Waals surface area (Å²) in [5, 5.41) is 10.6. The van der Waals surface area contributed by atoms with Crippen LogP contribution in [0.5, 0.6) is 17.2 Å². The third-order valence-corrected chi connectivity index (χ3v) is 10.5. The van der Waals surface area contributed by atoms with E-state index in [1.807, 2.05) is 42.5 Å². The molecule has 1 saturated heterocycles. The van der Waals surface area contributed by atoms with Crippen LogP contribution in [0.4, 0.5) is 5.69 Å². The van der Waals surface area contributed by atoms with E-state index in [0.717, 1.165) is 35.3 Å². The summed E-state index contributed by atoms with van der Waals surface area (Å²) >= 11 is 0. The van der Waals surface area contributed by atoms with Gasteiger partial charge in [-0.15, -0.1) is 0 Å². The fourth-order valence-electron chi connectivity index (χ4n) is 7.21. The van der Waals surface area contributed by atoms with Crippen molar-refractivity contribution in [3.8, 4) is 17.2 Å². The number of methoxy groups -OCH3 is 2. The molecule has 4 N–H and O–H groups in total. The highest BCUT2D eigenvalue weighted by molar-refractivity contribution is 6.24. The summed E-state index contributed by atoms with van der Waals surface area (Å²) in [5.41, 5.74) is 3.01. The Labute approximate surface area is 378 Å². The lowest BCUT2D eigenvalue weighted by Crippen LogP contribution is -2.49. The number of nitrogens with zero attached hydrogens (tertiary/aromatic N) is 1. The molecule has 0 bridgehead atoms. The minimum atomic E-state index is -1.12. The fraction of sp³-hybridized carbons (Fsp3) is 0.468. The van der Waals surface area contributed by atoms with Gasteiger partial charge in [0.25, 0.3) is 17.7 Å². The zero-order valence-corrected chi connectivity index (χ0v) is 37.0. The van der Waals surface area contributed by atoms with Crippen LogP contribution in [0, 0.1) is 0 Å². The lowest BCUT2D eigenvalue weighted by Gasteiger charge is -2.23. The standard InChI is InChI=1S/C47H59N5O13/c1-60-37-18-17-33(30-39(37)61-2)10-3-9-32-11-4-12-34(29-32)50-42(55)20-19-40(53)48-21-7-23-62-25-27-64-28-26-63-24-8-22-49-43(56)31-65-38-15-5-13-35-44(38)47(59)52(46(35)58)36-14-6-16-41(54)51-45(36)57/h4-5,11-13,15,17-18,29-30,36H,3,6-10,14,16,19-28,31H2,1-2H3,(H,48,53)(H,49,56)(H,50,55)(H,51,54,57)/t36-/m0/s1. The lowest BCUT2D eigenvalue weighted by molar-refractivity contribution is -0.131. The van der Waals surface area contributed by atoms with Gasteiger partial charge in [-0.05, 0) is 92.5 Å². The molecule has 0 saturated carbocycles. The first-order chi connectivity index (χ1) is 31.6. The molecule has 2 aliphatic rings. The van der Waals surface area contributed by atoms with Crippen molar-refractivity contribution < 1.29 is 62.0 Å². The van der Waals surface area contributed by atoms with Crippen LogP contribution in [0.15, 0.2) is 60.7 Å². The molecular formula is C47H59N5O13. The summed E-state index contributed by atoms with van der Waals surface area (Å²) in [6.45, 7) is 2.66. The molecule has 2 heterocycles. The van der Waals surface area contributed by atoms with Crippen LogP contribution in [0.3, 0.4) is 0 Å². The van der Waals surface area contributed by atoms with Crippen LogP contribution in [0.25, 0.3) is 0 Å². The minimum Gasteiger partial charge on any atom is -0.493 e. The largest absolute Gasteiger partial charge is 0.493 e. The van der Waals surface area contributed by atoms with E-state index < -0.39 is 42.2 Å². The maximum atomic E-state index is 13.3. The second-order valence-electron chi connectivity index (χ2n) is 15.3. The first kappa shape index (κ1) is 49.6. The number of fused-ring (bicyclic) bond motifs is 1. The number of aryl methyl sites for hydroxylation is 2. The van der Waals surface area contributed by atoms with Crippen LogP contribution >= 0.6 is 0 Å². The van der Waals surface area contributed by atoms with Crippen molar-refractivity contribution in [2.45, 2.75) is 70.3 Å². The van der Waals surface area contributed by atoms with Gasteiger partial charge in [0.15, 0.2) is 18.1 Å². The normalized spacial score (nSPS) is 14.6. The van der Waals surface area contributed by atoms with Crippen LogP contribution < -0.4 is 35.5 Å². The van der Waals surface area contributed by atoms with E-state index in [1.165, 1.54) is 18.2 Å². The third-order valence-electron chi connectivity index (χ3n) is 10.5. The third kappa shape index (κ3) is 15.7. The van der Waals surface area contributed by atoms with E-state index in [9.17, 15) is 33.6 Å². The van der Waals surface area contributed by atoms with Gasteiger partial charge in [0.1, 0.15) is 11.8 Å². The number of carbonyl (C=O) groups is 7. The number of nitrogens with one attached hydrogen (secondary N) is 4. The smallest absolute Gasteiger partial charge is 0.266 e. The summed E-state index contributed by atoms with van der Waals surface area (Å²) in [7, 11) is 3.23. The molecule has 3 aromatic rings. The van der Waals surface area contributed by atoms with Gasteiger partial charge in [-0.3, -0.25) is 43.8 Å². The Morgan fingerprint density at radius 2 is 1.32 bits per heavy atom. The highest BCUT2D eigenvalue weighted by Gasteiger charge is 2.45. The lowest BCUT2D eigenvalue weighted by atomic mass is 10.0. The summed E-state index contributed by atoms with van der Waals surface area (Å²) in [5.74, 6) is -1.93. The molecule has 18 heteroatoms. The van der Waals surface area contributed by atoms with Crippen molar-refractivity contribution in [3.05, 3.63) is 82.9 Å². The molecule has 3 aromatic carbocycles. The van der Waals surface area contributed by atoms with Crippen molar-refractivity contribution in [1.82, 2.24) is 20.9 Å². The van der Waals surface area contributed by atoms with Crippen LogP contribution in [-0.2, 0) is 51.0 Å². The number of amides is 7. The number of hydrogen-bond donors (Lipinski definition) is 4. The minimum absolute atomic E-state index is 0.0253. The predicted octanol–water partition coefficient (Wildman–Crippen LogP) is 3.53. The predicted molar refractivity (Wildman–Crippen MR) is 237 cm³/mol. The summed E-state index contributed by atoms with van der Waals surface area (Å²) in [4.78, 5) is 88.7. The van der Waals surface area contributed by atoms with E-state index in [-0.39, 0.29) is 54.4 Å². The molecule has 7 amide bonds. The fourth-order valence-corrected chi connectivity index (χ4v) is 7.21. The Kier molecular flexibility index (Phi) is 20.2. The zero-order chi connectivity index (χ0) is 46.4. The highest BCUT2D eigenvalue weighted by atomic mass is 16.5. The van der Waals surface area contributed by atoms with Crippen molar-refractivity contribution in [1.29, 1.82) is 0 Å². The number of ether oxygens (including phenoxy) is 6. The highest BCUT2D eigenvalue weighted by Crippen LogP contribution is 2.34. The second kappa shape index (κ2) is 26.4. The summed E-state index contributed by atoms with van der Waals surface area (Å²) in [6.07, 6.45) is 4.58. The quantitative estimate of drug-likeness (QED) is 0.0605. The van der Waals surface area contributed by atoms with Crippen LogP contribution in [0.2, 0.25) is 0 Å². The van der Waals surface area contributed by atoms with Gasteiger partial charge in [-0.1, -0.05) is 24.3 Å². The molecule has 65 heavy (non-hydrogen) atoms. The molecule has 0 aromatic heterocycles. The van der Waals surface area contributed by atoms with E-state index in [2.05, 4.69) is 21.3 Å². The van der Waals surface area contributed by atoms with Gasteiger partial charge >= 0.3 is 0 Å². The van der Waals surface area contributed by atoms with Crippen LogP contribution in [-0.4, -0.2) is 126 Å². The molecule has 1 fully saturated rings. The molecular weight excluding hydrogens is 843 g/mol. The zero-order valence-electron chi connectivity index (χ0n) is 37.0. The monoisotopic (exact) mass is 901 g/mol. The molecule has 5 rings (SSSR count). The molecule has 0 aliphatic carbocycles. The molecule has 350 valence electrons. The van der Waals surface area contributed by atoms with E-state index >= 15 is 0 Å². The topological polar surface area (TPSA) is 226 Å². The van der Waals surface area contributed by atoms with Crippen molar-refractivity contribution >= 4 is 47.0 Å². The Morgan fingerprint density at radius 3 is 2.03 bits per heavy atom. The van der Waals surface area contributed by atoms with Crippen molar-refractivity contribution in [2.75, 3.05) is 78.9 Å². The van der Waals surface area contributed by atoms with E-state index in [4.69, 9.17) is 28.4 Å². The van der Waals surface area contributed by atoms with Gasteiger partial charge in [0.05, 0.1) is 51.8 Å². The Balaban J connectivity index is 0.815. The maximum absolute atomic E-state index is 13.3. The van der Waals surface area contributed by atoms with E-state index in [0.29, 0.717) is 89.2 Å². The van der Waals surface area contributed by atoms with E-state index in [1.54, 1.807) is 14.2 Å². The number of carbonyl (C=O) groups excluding carboxylic acids is 7.